The molecule has 3 aromatic rings. The summed E-state index contributed by atoms with van der Waals surface area (Å²) in [5, 5.41) is 64.2. The topological polar surface area (TPSA) is 196 Å². The predicted molar refractivity (Wildman–Crippen MR) is 253 cm³/mol. The Balaban J connectivity index is 1.40. The highest BCUT2D eigenvalue weighted by Crippen LogP contribution is 2.45. The number of ether oxygens (including phenoxy) is 1. The number of benzene rings is 2. The molecule has 0 bridgehead atoms. The zero-order valence-electron chi connectivity index (χ0n) is 38.7. The van der Waals surface area contributed by atoms with Crippen molar-refractivity contribution in [2.24, 2.45) is 29.6 Å². The van der Waals surface area contributed by atoms with Gasteiger partial charge in [-0.15, -0.1) is 0 Å². The van der Waals surface area contributed by atoms with Gasteiger partial charge in [0.15, 0.2) is 29.2 Å². The molecule has 12 heteroatoms. The number of aromatic nitrogens is 1. The SMILES string of the molecule is CCCC(C(O)Cc1cc(C(C)CNCC(C)O)c[nH]1)C1CC(CC2=CCNC(NCCCO)=C2)CC2C#CC(c3ccccc3)c3cc(O)c(OC)cc3CCC(=O)C(O)C(=O)C2C1. The lowest BCUT2D eigenvalue weighted by Gasteiger charge is -2.33. The number of rotatable bonds is 19. The summed E-state index contributed by atoms with van der Waals surface area (Å²) < 4.78 is 5.48. The lowest BCUT2D eigenvalue weighted by atomic mass is 9.73. The summed E-state index contributed by atoms with van der Waals surface area (Å²) in [5.41, 5.74) is 5.58. The number of carbonyl (C=O) groups is 2. The molecule has 10 unspecified atom stereocenters. The summed E-state index contributed by atoms with van der Waals surface area (Å²) in [7, 11) is 1.47. The predicted octanol–water partition coefficient (Wildman–Crippen LogP) is 5.79. The van der Waals surface area contributed by atoms with Crippen molar-refractivity contribution < 1.29 is 39.9 Å². The van der Waals surface area contributed by atoms with Crippen molar-refractivity contribution in [1.29, 1.82) is 0 Å². The minimum absolute atomic E-state index is 0.0401. The molecule has 2 aromatic carbocycles. The highest BCUT2D eigenvalue weighted by atomic mass is 16.5. The van der Waals surface area contributed by atoms with Gasteiger partial charge in [0.2, 0.25) is 0 Å². The quantitative estimate of drug-likeness (QED) is 0.0402. The molecule has 9 N–H and O–H groups in total. The van der Waals surface area contributed by atoms with Gasteiger partial charge in [-0.05, 0) is 128 Å². The van der Waals surface area contributed by atoms with E-state index in [9.17, 15) is 35.1 Å². The molecule has 2 heterocycles. The summed E-state index contributed by atoms with van der Waals surface area (Å²) in [5.74, 6) is 5.46. The molecule has 1 fully saturated rings. The summed E-state index contributed by atoms with van der Waals surface area (Å²) >= 11 is 0. The molecular formula is C53H72N4O8. The van der Waals surface area contributed by atoms with E-state index in [1.807, 2.05) is 36.5 Å². The maximum atomic E-state index is 14.8. The number of methoxy groups -OCH3 is 1. The van der Waals surface area contributed by atoms with Gasteiger partial charge in [-0.2, -0.15) is 0 Å². The van der Waals surface area contributed by atoms with Gasteiger partial charge in [0, 0.05) is 69.4 Å². The van der Waals surface area contributed by atoms with Crippen LogP contribution < -0.4 is 20.7 Å². The van der Waals surface area contributed by atoms with Crippen LogP contribution in [-0.2, 0) is 22.4 Å². The molecule has 0 radical (unpaired) electrons. The van der Waals surface area contributed by atoms with Gasteiger partial charge in [-0.25, -0.2) is 0 Å². The number of dihydropyridines is 1. The van der Waals surface area contributed by atoms with Crippen LogP contribution in [0, 0.1) is 41.4 Å². The molecule has 352 valence electrons. The van der Waals surface area contributed by atoms with Gasteiger partial charge in [-0.3, -0.25) is 9.59 Å². The maximum Gasteiger partial charge on any atom is 0.173 e. The standard InChI is InChI=1S/C53H72N4O8/c1-5-10-44(48(61)28-42-25-41(32-57-42)33(2)30-54-31-34(3)59)40-23-36(21-35-17-19-56-51(24-35)55-18-9-20-58)22-38-13-15-43(37-11-7-6-8-12-37)45-29-49(62)50(65-4)27-39(45)14-16-47(60)53(64)52(63)46(38)26-40/h6-8,11-12,17,24-25,27,29,32-34,36,38,40,43-44,46,48,53-59,61-62,64H,5,9-10,14,16,18-23,26,28,30-31H2,1-4H3. The Morgan fingerprint density at radius 2 is 1.80 bits per heavy atom. The van der Waals surface area contributed by atoms with Crippen LogP contribution in [0.2, 0.25) is 0 Å². The fraction of sp³-hybridized carbons (Fsp3) is 0.547. The number of ketones is 2. The number of Topliss-reactive ketones (excluding diaryl/α,β-unsaturated/α-hetero) is 2. The zero-order chi connectivity index (χ0) is 46.5. The van der Waals surface area contributed by atoms with Gasteiger partial charge >= 0.3 is 0 Å². The molecule has 0 spiro atoms. The zero-order valence-corrected chi connectivity index (χ0v) is 38.7. The highest BCUT2D eigenvalue weighted by molar-refractivity contribution is 6.06. The number of nitrogens with one attached hydrogen (secondary N) is 4. The van der Waals surface area contributed by atoms with Crippen LogP contribution in [-0.4, -0.2) is 100 Å². The third-order valence-corrected chi connectivity index (χ3v) is 13.7. The lowest BCUT2D eigenvalue weighted by Crippen LogP contribution is -2.40. The van der Waals surface area contributed by atoms with E-state index in [-0.39, 0.29) is 54.6 Å². The second kappa shape index (κ2) is 24.0. The molecule has 2 aliphatic carbocycles. The van der Waals surface area contributed by atoms with Crippen LogP contribution in [0.15, 0.2) is 78.3 Å². The molecule has 1 aliphatic heterocycles. The molecule has 1 saturated carbocycles. The second-order valence-electron chi connectivity index (χ2n) is 18.7. The summed E-state index contributed by atoms with van der Waals surface area (Å²) in [6, 6.07) is 15.3. The second-order valence-corrected chi connectivity index (χ2v) is 18.7. The third-order valence-electron chi connectivity index (χ3n) is 13.7. The Morgan fingerprint density at radius 1 is 1.00 bits per heavy atom. The van der Waals surface area contributed by atoms with Crippen molar-refractivity contribution >= 4 is 11.6 Å². The van der Waals surface area contributed by atoms with E-state index in [4.69, 9.17) is 4.74 Å². The number of aliphatic hydroxyl groups is 4. The number of aromatic hydroxyl groups is 1. The monoisotopic (exact) mass is 893 g/mol. The average molecular weight is 893 g/mol. The van der Waals surface area contributed by atoms with Crippen LogP contribution in [0.25, 0.3) is 0 Å². The van der Waals surface area contributed by atoms with E-state index in [1.165, 1.54) is 7.11 Å². The normalized spacial score (nSPS) is 24.4. The molecule has 0 amide bonds. The molecule has 6 rings (SSSR count). The molecule has 12 nitrogen and oxygen atoms in total. The Labute approximate surface area is 385 Å². The Morgan fingerprint density at radius 3 is 2.54 bits per heavy atom. The minimum Gasteiger partial charge on any atom is -0.504 e. The Hall–Kier alpha value is -4.90. The largest absolute Gasteiger partial charge is 0.504 e. The first-order valence-corrected chi connectivity index (χ1v) is 23.8. The van der Waals surface area contributed by atoms with Crippen molar-refractivity contribution in [2.45, 2.75) is 115 Å². The molecule has 1 aromatic heterocycles. The smallest absolute Gasteiger partial charge is 0.173 e. The lowest BCUT2D eigenvalue weighted by molar-refractivity contribution is -0.142. The van der Waals surface area contributed by atoms with Crippen LogP contribution in [0.4, 0.5) is 0 Å². The number of aromatic amines is 1. The van der Waals surface area contributed by atoms with Gasteiger partial charge in [0.25, 0.3) is 0 Å². The summed E-state index contributed by atoms with van der Waals surface area (Å²) in [6.07, 6.45) is 8.38. The van der Waals surface area contributed by atoms with Crippen LogP contribution in [0.3, 0.4) is 0 Å². The maximum absolute atomic E-state index is 14.8. The van der Waals surface area contributed by atoms with E-state index < -0.39 is 47.6 Å². The van der Waals surface area contributed by atoms with E-state index in [0.717, 1.165) is 58.6 Å². The van der Waals surface area contributed by atoms with Gasteiger partial charge in [0.05, 0.1) is 31.1 Å². The van der Waals surface area contributed by atoms with E-state index in [1.54, 1.807) is 19.1 Å². The number of carbonyl (C=O) groups excluding carboxylic acids is 2. The first-order chi connectivity index (χ1) is 31.4. The molecule has 65 heavy (non-hydrogen) atoms. The fourth-order valence-corrected chi connectivity index (χ4v) is 10.3. The summed E-state index contributed by atoms with van der Waals surface area (Å²) in [6.45, 7) is 8.59. The Kier molecular flexibility index (Phi) is 18.3. The highest BCUT2D eigenvalue weighted by Gasteiger charge is 2.43. The number of H-pyrrole nitrogens is 1. The van der Waals surface area contributed by atoms with Gasteiger partial charge < -0.3 is 51.2 Å². The average Bonchev–Trinajstić information content (AvgIpc) is 3.69. The fourth-order valence-electron chi connectivity index (χ4n) is 10.3. The third kappa shape index (κ3) is 13.4. The number of phenolic OH excluding ortho intramolecular Hbond substituents is 1. The van der Waals surface area contributed by atoms with Crippen molar-refractivity contribution in [3.05, 3.63) is 106 Å². The van der Waals surface area contributed by atoms with Crippen LogP contribution >= 0.6 is 0 Å². The first-order valence-electron chi connectivity index (χ1n) is 23.8. The number of phenols is 1. The summed E-state index contributed by atoms with van der Waals surface area (Å²) in [4.78, 5) is 32.1. The minimum atomic E-state index is -1.82. The molecule has 10 atom stereocenters. The van der Waals surface area contributed by atoms with E-state index in [0.29, 0.717) is 58.3 Å². The van der Waals surface area contributed by atoms with Crippen molar-refractivity contribution in [1.82, 2.24) is 20.9 Å². The van der Waals surface area contributed by atoms with Gasteiger partial charge in [0.1, 0.15) is 0 Å². The number of hydrogen-bond acceptors (Lipinski definition) is 11. The number of aliphatic hydroxyl groups excluding tert-OH is 4. The first kappa shape index (κ1) is 49.5. The van der Waals surface area contributed by atoms with E-state index in [2.05, 4.69) is 64.8 Å². The molecular weight excluding hydrogens is 821 g/mol. The van der Waals surface area contributed by atoms with E-state index >= 15 is 0 Å². The Bertz CT molecular complexity index is 2150. The van der Waals surface area contributed by atoms with Crippen LogP contribution in [0.1, 0.15) is 112 Å². The number of fused-ring (bicyclic) bond motifs is 2. The molecule has 0 saturated heterocycles. The molecule has 3 aliphatic rings. The van der Waals surface area contributed by atoms with Crippen molar-refractivity contribution in [3.8, 4) is 23.3 Å². The number of allylic oxidation sites excluding steroid dienone is 2. The number of hydrogen-bond donors (Lipinski definition) is 9. The number of aryl methyl sites for hydroxylation is 1. The van der Waals surface area contributed by atoms with Crippen LogP contribution in [0.5, 0.6) is 11.5 Å². The van der Waals surface area contributed by atoms with Crippen molar-refractivity contribution in [3.63, 3.8) is 0 Å². The van der Waals surface area contributed by atoms with Crippen molar-refractivity contribution in [2.75, 3.05) is 39.9 Å². The van der Waals surface area contributed by atoms with Gasteiger partial charge in [-0.1, -0.05) is 68.5 Å².